The molecule has 118 valence electrons. The highest BCUT2D eigenvalue weighted by molar-refractivity contribution is 5.85. The largest absolute Gasteiger partial charge is 0.395 e. The van der Waals surface area contributed by atoms with E-state index in [1.54, 1.807) is 0 Å². The van der Waals surface area contributed by atoms with Crippen molar-refractivity contribution in [3.63, 3.8) is 0 Å². The molecule has 1 aromatic rings. The fourth-order valence-electron chi connectivity index (χ4n) is 1.80. The van der Waals surface area contributed by atoms with Gasteiger partial charge >= 0.3 is 0 Å². The van der Waals surface area contributed by atoms with Crippen molar-refractivity contribution < 1.29 is 5.11 Å². The lowest BCUT2D eigenvalue weighted by Crippen LogP contribution is -2.23. The van der Waals surface area contributed by atoms with Gasteiger partial charge in [-0.15, -0.1) is 24.8 Å². The van der Waals surface area contributed by atoms with Crippen LogP contribution in [0.4, 0.5) is 0 Å². The van der Waals surface area contributed by atoms with Crippen LogP contribution in [0, 0.1) is 0 Å². The second-order valence-electron chi connectivity index (χ2n) is 4.90. The summed E-state index contributed by atoms with van der Waals surface area (Å²) in [4.78, 5) is 0. The zero-order valence-electron chi connectivity index (χ0n) is 12.4. The van der Waals surface area contributed by atoms with Crippen LogP contribution in [0.5, 0.6) is 0 Å². The van der Waals surface area contributed by atoms with Gasteiger partial charge in [0.15, 0.2) is 0 Å². The van der Waals surface area contributed by atoms with Gasteiger partial charge in [-0.3, -0.25) is 0 Å². The zero-order valence-corrected chi connectivity index (χ0v) is 14.0. The third kappa shape index (κ3) is 9.56. The van der Waals surface area contributed by atoms with Crippen molar-refractivity contribution >= 4 is 24.8 Å². The van der Waals surface area contributed by atoms with Gasteiger partial charge in [0.25, 0.3) is 0 Å². The zero-order chi connectivity index (χ0) is 13.2. The first-order chi connectivity index (χ1) is 8.74. The molecule has 3 nitrogen and oxygen atoms in total. The Balaban J connectivity index is 0. The summed E-state index contributed by atoms with van der Waals surface area (Å²) in [5, 5.41) is 15.2. The summed E-state index contributed by atoms with van der Waals surface area (Å²) in [5.74, 6) is 0.601. The van der Waals surface area contributed by atoms with Crippen LogP contribution in [0.1, 0.15) is 37.3 Å². The summed E-state index contributed by atoms with van der Waals surface area (Å²) in [7, 11) is 0. The molecule has 0 aromatic heterocycles. The first kappa shape index (κ1) is 22.0. The minimum Gasteiger partial charge on any atom is -0.395 e. The van der Waals surface area contributed by atoms with E-state index in [-0.39, 0.29) is 31.4 Å². The van der Waals surface area contributed by atoms with Crippen molar-refractivity contribution in [3.8, 4) is 0 Å². The highest BCUT2D eigenvalue weighted by Gasteiger charge is 1.98. The molecule has 20 heavy (non-hydrogen) atoms. The smallest absolute Gasteiger partial charge is 0.0555 e. The van der Waals surface area contributed by atoms with Crippen LogP contribution in [-0.4, -0.2) is 31.3 Å². The van der Waals surface area contributed by atoms with Crippen molar-refractivity contribution in [2.75, 3.05) is 26.2 Å². The Morgan fingerprint density at radius 2 is 1.55 bits per heavy atom. The molecule has 0 fully saturated rings. The van der Waals surface area contributed by atoms with Crippen LogP contribution in [0.3, 0.4) is 0 Å². The molecule has 5 heteroatoms. The van der Waals surface area contributed by atoms with Gasteiger partial charge in [-0.1, -0.05) is 38.1 Å². The molecule has 0 radical (unpaired) electrons. The number of hydrogen-bond acceptors (Lipinski definition) is 3. The molecule has 1 aromatic carbocycles. The number of rotatable bonds is 9. The molecule has 1 rings (SSSR count). The van der Waals surface area contributed by atoms with E-state index in [4.69, 9.17) is 5.11 Å². The molecular weight excluding hydrogens is 295 g/mol. The number of aliphatic hydroxyl groups is 1. The monoisotopic (exact) mass is 322 g/mol. The molecule has 0 atom stereocenters. The molecule has 0 bridgehead atoms. The van der Waals surface area contributed by atoms with E-state index in [9.17, 15) is 0 Å². The molecule has 0 spiro atoms. The summed E-state index contributed by atoms with van der Waals surface area (Å²) in [6.45, 7) is 8.23. The molecule has 0 saturated carbocycles. The summed E-state index contributed by atoms with van der Waals surface area (Å²) in [6, 6.07) is 8.83. The van der Waals surface area contributed by atoms with Gasteiger partial charge < -0.3 is 15.7 Å². The minimum absolute atomic E-state index is 0. The van der Waals surface area contributed by atoms with Crippen molar-refractivity contribution in [2.45, 2.75) is 32.7 Å². The van der Waals surface area contributed by atoms with E-state index < -0.39 is 0 Å². The van der Waals surface area contributed by atoms with Crippen LogP contribution in [0.2, 0.25) is 0 Å². The SMILES string of the molecule is CC(C)c1ccc(CNCCCNCCO)cc1.Cl.Cl. The summed E-state index contributed by atoms with van der Waals surface area (Å²) < 4.78 is 0. The number of benzene rings is 1. The number of hydrogen-bond donors (Lipinski definition) is 3. The van der Waals surface area contributed by atoms with Crippen LogP contribution >= 0.6 is 24.8 Å². The standard InChI is InChI=1S/C15H26N2O.2ClH/c1-13(2)15-6-4-14(5-7-15)12-17-9-3-8-16-10-11-18;;/h4-7,13,16-18H,3,8-12H2,1-2H3;2*1H. The third-order valence-corrected chi connectivity index (χ3v) is 2.97. The molecule has 0 heterocycles. The molecular formula is C15H28Cl2N2O. The fraction of sp³-hybridized carbons (Fsp3) is 0.600. The molecule has 0 amide bonds. The summed E-state index contributed by atoms with van der Waals surface area (Å²) in [5.41, 5.74) is 2.73. The van der Waals surface area contributed by atoms with E-state index in [1.165, 1.54) is 11.1 Å². The fourth-order valence-corrected chi connectivity index (χ4v) is 1.80. The van der Waals surface area contributed by atoms with E-state index in [1.807, 2.05) is 0 Å². The second-order valence-corrected chi connectivity index (χ2v) is 4.90. The van der Waals surface area contributed by atoms with Gasteiger partial charge in [-0.25, -0.2) is 0 Å². The van der Waals surface area contributed by atoms with Crippen molar-refractivity contribution in [1.29, 1.82) is 0 Å². The number of aliphatic hydroxyl groups excluding tert-OH is 1. The Morgan fingerprint density at radius 1 is 0.950 bits per heavy atom. The molecule has 0 unspecified atom stereocenters. The Kier molecular flexibility index (Phi) is 15.0. The van der Waals surface area contributed by atoms with E-state index in [2.05, 4.69) is 48.7 Å². The molecule has 0 saturated heterocycles. The van der Waals surface area contributed by atoms with Crippen molar-refractivity contribution in [2.24, 2.45) is 0 Å². The van der Waals surface area contributed by atoms with Crippen LogP contribution < -0.4 is 10.6 Å². The predicted molar refractivity (Wildman–Crippen MR) is 91.3 cm³/mol. The van der Waals surface area contributed by atoms with E-state index >= 15 is 0 Å². The molecule has 0 aliphatic carbocycles. The average molecular weight is 323 g/mol. The minimum atomic E-state index is 0. The van der Waals surface area contributed by atoms with Crippen molar-refractivity contribution in [3.05, 3.63) is 35.4 Å². The predicted octanol–water partition coefficient (Wildman–Crippen LogP) is 2.72. The lowest BCUT2D eigenvalue weighted by Gasteiger charge is -2.08. The van der Waals surface area contributed by atoms with Crippen LogP contribution in [0.15, 0.2) is 24.3 Å². The number of halogens is 2. The van der Waals surface area contributed by atoms with Crippen LogP contribution in [-0.2, 0) is 6.54 Å². The van der Waals surface area contributed by atoms with Gasteiger partial charge in [0, 0.05) is 13.1 Å². The van der Waals surface area contributed by atoms with Gasteiger partial charge in [0.2, 0.25) is 0 Å². The topological polar surface area (TPSA) is 44.3 Å². The second kappa shape index (κ2) is 13.7. The lowest BCUT2D eigenvalue weighted by atomic mass is 10.0. The molecule has 0 aliphatic heterocycles. The van der Waals surface area contributed by atoms with Gasteiger partial charge in [-0.05, 0) is 36.6 Å². The van der Waals surface area contributed by atoms with E-state index in [0.717, 1.165) is 26.1 Å². The average Bonchev–Trinajstić information content (AvgIpc) is 2.38. The van der Waals surface area contributed by atoms with Crippen LogP contribution in [0.25, 0.3) is 0 Å². The Labute approximate surface area is 135 Å². The lowest BCUT2D eigenvalue weighted by molar-refractivity contribution is 0.292. The molecule has 0 aliphatic rings. The quantitative estimate of drug-likeness (QED) is 0.612. The Morgan fingerprint density at radius 3 is 2.10 bits per heavy atom. The first-order valence-corrected chi connectivity index (χ1v) is 6.85. The molecule has 3 N–H and O–H groups in total. The van der Waals surface area contributed by atoms with Gasteiger partial charge in [0.05, 0.1) is 6.61 Å². The Bertz CT molecular complexity index is 318. The number of nitrogens with one attached hydrogen (secondary N) is 2. The highest BCUT2D eigenvalue weighted by Crippen LogP contribution is 2.14. The third-order valence-electron chi connectivity index (χ3n) is 2.97. The maximum atomic E-state index is 8.60. The Hall–Kier alpha value is -0.320. The van der Waals surface area contributed by atoms with Gasteiger partial charge in [-0.2, -0.15) is 0 Å². The van der Waals surface area contributed by atoms with E-state index in [0.29, 0.717) is 12.5 Å². The van der Waals surface area contributed by atoms with Gasteiger partial charge in [0.1, 0.15) is 0 Å². The highest BCUT2D eigenvalue weighted by atomic mass is 35.5. The first-order valence-electron chi connectivity index (χ1n) is 6.85. The maximum Gasteiger partial charge on any atom is 0.0555 e. The van der Waals surface area contributed by atoms with Crippen molar-refractivity contribution in [1.82, 2.24) is 10.6 Å². The summed E-state index contributed by atoms with van der Waals surface area (Å²) in [6.07, 6.45) is 1.09. The normalized spacial score (nSPS) is 10.0. The summed E-state index contributed by atoms with van der Waals surface area (Å²) >= 11 is 0. The maximum absolute atomic E-state index is 8.60.